The number of aromatic nitrogens is 2. The Kier molecular flexibility index (Phi) is 7.84. The topological polar surface area (TPSA) is 76.0 Å². The van der Waals surface area contributed by atoms with E-state index in [0.29, 0.717) is 16.3 Å². The van der Waals surface area contributed by atoms with Gasteiger partial charge in [-0.1, -0.05) is 46.3 Å². The van der Waals surface area contributed by atoms with Crippen molar-refractivity contribution in [2.75, 3.05) is 5.32 Å². The molecule has 0 unspecified atom stereocenters. The second-order valence-electron chi connectivity index (χ2n) is 9.06. The number of alkyl halides is 3. The molecule has 2 heterocycles. The Morgan fingerprint density at radius 2 is 1.81 bits per heavy atom. The minimum atomic E-state index is -2.93. The molecule has 0 aliphatic carbocycles. The third-order valence-electron chi connectivity index (χ3n) is 5.86. The zero-order valence-electron chi connectivity index (χ0n) is 20.3. The fraction of sp³-hybridized carbons (Fsp3) is 0.222. The Bertz CT molecular complexity index is 1480. The molecule has 0 saturated carbocycles. The van der Waals surface area contributed by atoms with E-state index in [4.69, 9.17) is 11.6 Å². The maximum atomic E-state index is 13.6. The summed E-state index contributed by atoms with van der Waals surface area (Å²) < 4.78 is 28.7. The first-order chi connectivity index (χ1) is 17.4. The molecule has 4 aromatic rings. The molecule has 0 fully saturated rings. The molecule has 2 aromatic heterocycles. The summed E-state index contributed by atoms with van der Waals surface area (Å²) in [5, 5.41) is 6.96. The molecule has 37 heavy (non-hydrogen) atoms. The second-order valence-corrected chi connectivity index (χ2v) is 12.2. The van der Waals surface area contributed by atoms with Gasteiger partial charge >= 0.3 is 0 Å². The lowest BCUT2D eigenvalue weighted by Crippen LogP contribution is -2.37. The van der Waals surface area contributed by atoms with Crippen LogP contribution in [0.25, 0.3) is 22.2 Å². The van der Waals surface area contributed by atoms with Gasteiger partial charge in [-0.3, -0.25) is 14.6 Å². The standard InChI is InChI=1S/C27H24ClF2IN4O2/c1-27(2,31)26(37)33-14-15-10-20(23(24(29)30)32-13-15)25(36)34-19-8-9-21-17(11-19)12-22(35(21)3)16-4-6-18(28)7-5-16/h4-13,24H,14H2,1-3H3,(H,33,37)(H,34,36). The number of hydrogen-bond acceptors (Lipinski definition) is 3. The van der Waals surface area contributed by atoms with Gasteiger partial charge in [0.15, 0.2) is 0 Å². The summed E-state index contributed by atoms with van der Waals surface area (Å²) in [6.45, 7) is 3.56. The molecule has 0 bridgehead atoms. The van der Waals surface area contributed by atoms with Crippen LogP contribution in [0.2, 0.25) is 5.02 Å². The Hall–Kier alpha value is -3.05. The van der Waals surface area contributed by atoms with Crippen LogP contribution >= 0.6 is 34.2 Å². The molecule has 2 aromatic carbocycles. The lowest BCUT2D eigenvalue weighted by atomic mass is 10.1. The van der Waals surface area contributed by atoms with E-state index < -0.39 is 21.4 Å². The van der Waals surface area contributed by atoms with Crippen molar-refractivity contribution in [3.8, 4) is 11.3 Å². The number of amides is 2. The third-order valence-corrected chi connectivity index (χ3v) is 6.60. The number of benzene rings is 2. The van der Waals surface area contributed by atoms with Gasteiger partial charge in [0.05, 0.1) is 8.99 Å². The Balaban J connectivity index is 1.59. The summed E-state index contributed by atoms with van der Waals surface area (Å²) in [5.41, 5.74) is 2.91. The average molecular weight is 637 g/mol. The summed E-state index contributed by atoms with van der Waals surface area (Å²) in [6.07, 6.45) is -1.69. The molecule has 6 nitrogen and oxygen atoms in total. The molecule has 0 radical (unpaired) electrons. The number of pyridine rings is 1. The molecule has 0 aliphatic rings. The maximum Gasteiger partial charge on any atom is 0.281 e. The third kappa shape index (κ3) is 6.10. The number of nitrogens with zero attached hydrogens (tertiary/aromatic N) is 2. The van der Waals surface area contributed by atoms with Crippen molar-refractivity contribution in [1.29, 1.82) is 0 Å². The van der Waals surface area contributed by atoms with Gasteiger partial charge < -0.3 is 15.2 Å². The van der Waals surface area contributed by atoms with Gasteiger partial charge in [0, 0.05) is 47.1 Å². The molecule has 10 heteroatoms. The normalized spacial score (nSPS) is 11.7. The Morgan fingerprint density at radius 1 is 1.11 bits per heavy atom. The van der Waals surface area contributed by atoms with E-state index in [1.54, 1.807) is 26.0 Å². The van der Waals surface area contributed by atoms with Crippen LogP contribution in [0, 0.1) is 0 Å². The molecular weight excluding hydrogens is 613 g/mol. The van der Waals surface area contributed by atoms with E-state index in [0.717, 1.165) is 22.2 Å². The largest absolute Gasteiger partial charge is 0.351 e. The van der Waals surface area contributed by atoms with E-state index in [2.05, 4.69) is 15.6 Å². The monoisotopic (exact) mass is 636 g/mol. The molecule has 192 valence electrons. The van der Waals surface area contributed by atoms with Crippen molar-refractivity contribution < 1.29 is 18.4 Å². The van der Waals surface area contributed by atoms with Crippen LogP contribution in [0.5, 0.6) is 0 Å². The summed E-state index contributed by atoms with van der Waals surface area (Å²) in [5.74, 6) is -0.926. The number of halogens is 4. The Morgan fingerprint density at radius 3 is 2.46 bits per heavy atom. The van der Waals surface area contributed by atoms with Crippen LogP contribution in [0.4, 0.5) is 14.5 Å². The van der Waals surface area contributed by atoms with Gasteiger partial charge in [0.1, 0.15) is 5.69 Å². The number of aryl methyl sites for hydroxylation is 1. The van der Waals surface area contributed by atoms with E-state index >= 15 is 0 Å². The van der Waals surface area contributed by atoms with Gasteiger partial charge in [-0.15, -0.1) is 0 Å². The zero-order chi connectivity index (χ0) is 26.9. The molecule has 2 amide bonds. The highest BCUT2D eigenvalue weighted by Crippen LogP contribution is 2.30. The summed E-state index contributed by atoms with van der Waals surface area (Å²) in [7, 11) is 1.94. The van der Waals surface area contributed by atoms with Crippen molar-refractivity contribution in [3.05, 3.63) is 82.6 Å². The predicted molar refractivity (Wildman–Crippen MR) is 150 cm³/mol. The van der Waals surface area contributed by atoms with Gasteiger partial charge in [-0.2, -0.15) is 0 Å². The molecule has 0 saturated heterocycles. The number of hydrogen-bond donors (Lipinski definition) is 2. The van der Waals surface area contributed by atoms with Crippen molar-refractivity contribution in [1.82, 2.24) is 14.9 Å². The van der Waals surface area contributed by atoms with Crippen LogP contribution in [0.15, 0.2) is 60.8 Å². The van der Waals surface area contributed by atoms with E-state index in [1.165, 1.54) is 12.3 Å². The first kappa shape index (κ1) is 27.0. The van der Waals surface area contributed by atoms with Crippen LogP contribution < -0.4 is 10.6 Å². The maximum absolute atomic E-state index is 13.6. The molecule has 0 spiro atoms. The summed E-state index contributed by atoms with van der Waals surface area (Å²) >= 11 is 8.01. The second kappa shape index (κ2) is 10.7. The molecule has 0 atom stereocenters. The van der Waals surface area contributed by atoms with Crippen LogP contribution in [-0.4, -0.2) is 24.8 Å². The van der Waals surface area contributed by atoms with Crippen LogP contribution in [-0.2, 0) is 18.4 Å². The zero-order valence-corrected chi connectivity index (χ0v) is 23.2. The van der Waals surface area contributed by atoms with Crippen LogP contribution in [0.1, 0.15) is 41.9 Å². The minimum Gasteiger partial charge on any atom is -0.351 e. The van der Waals surface area contributed by atoms with E-state index in [9.17, 15) is 18.4 Å². The number of carbonyl (C=O) groups is 2. The minimum absolute atomic E-state index is 0.0610. The number of rotatable bonds is 7. The molecule has 2 N–H and O–H groups in total. The molecular formula is C27H24ClF2IN4O2. The van der Waals surface area contributed by atoms with Gasteiger partial charge in [0.25, 0.3) is 12.3 Å². The highest BCUT2D eigenvalue weighted by atomic mass is 127. The lowest BCUT2D eigenvalue weighted by Gasteiger charge is -2.16. The predicted octanol–water partition coefficient (Wildman–Crippen LogP) is 6.91. The number of nitrogens with one attached hydrogen (secondary N) is 2. The van der Waals surface area contributed by atoms with E-state index in [1.807, 2.05) is 70.6 Å². The van der Waals surface area contributed by atoms with Crippen molar-refractivity contribution in [3.63, 3.8) is 0 Å². The van der Waals surface area contributed by atoms with E-state index in [-0.39, 0.29) is 18.0 Å². The van der Waals surface area contributed by atoms with Crippen molar-refractivity contribution in [2.45, 2.75) is 30.2 Å². The summed E-state index contributed by atoms with van der Waals surface area (Å²) in [4.78, 5) is 29.0. The fourth-order valence-electron chi connectivity index (χ4n) is 3.89. The molecule has 4 rings (SSSR count). The highest BCUT2D eigenvalue weighted by Gasteiger charge is 2.24. The number of fused-ring (bicyclic) bond motifs is 1. The fourth-order valence-corrected chi connectivity index (χ4v) is 4.20. The first-order valence-corrected chi connectivity index (χ1v) is 12.8. The Labute approximate surface area is 231 Å². The SMILES string of the molecule is Cn1c(-c2ccc(Cl)cc2)cc2cc(NC(=O)c3cc(CNC(=O)C(C)(C)I)cnc3C(F)F)ccc21. The van der Waals surface area contributed by atoms with Crippen LogP contribution in [0.3, 0.4) is 0 Å². The van der Waals surface area contributed by atoms with Gasteiger partial charge in [0.2, 0.25) is 5.91 Å². The number of anilines is 1. The smallest absolute Gasteiger partial charge is 0.281 e. The first-order valence-electron chi connectivity index (χ1n) is 11.3. The van der Waals surface area contributed by atoms with Gasteiger partial charge in [-0.05, 0) is 67.4 Å². The van der Waals surface area contributed by atoms with Crippen molar-refractivity contribution in [2.24, 2.45) is 7.05 Å². The van der Waals surface area contributed by atoms with Crippen molar-refractivity contribution >= 4 is 62.6 Å². The van der Waals surface area contributed by atoms with Gasteiger partial charge in [-0.25, -0.2) is 8.78 Å². The average Bonchev–Trinajstić information content (AvgIpc) is 3.17. The number of carbonyl (C=O) groups excluding carboxylic acids is 2. The lowest BCUT2D eigenvalue weighted by molar-refractivity contribution is -0.122. The highest BCUT2D eigenvalue weighted by molar-refractivity contribution is 14.1. The quantitative estimate of drug-likeness (QED) is 0.171. The summed E-state index contributed by atoms with van der Waals surface area (Å²) in [6, 6.07) is 16.2. The molecule has 0 aliphatic heterocycles.